The van der Waals surface area contributed by atoms with Gasteiger partial charge in [-0.2, -0.15) is 5.06 Å². The van der Waals surface area contributed by atoms with E-state index in [-0.39, 0.29) is 40.1 Å². The molecule has 1 amide bonds. The van der Waals surface area contributed by atoms with Gasteiger partial charge in [0.25, 0.3) is 5.91 Å². The van der Waals surface area contributed by atoms with Gasteiger partial charge in [0.1, 0.15) is 0 Å². The molecular weight excluding hydrogens is 398 g/mol. The number of piperidine rings is 1. The average Bonchev–Trinajstić information content (AvgIpc) is 2.45. The number of amides is 1. The highest BCUT2D eigenvalue weighted by Crippen LogP contribution is 2.39. The maximum absolute atomic E-state index is 12.4. The van der Waals surface area contributed by atoms with Crippen LogP contribution >= 0.6 is 0 Å². The van der Waals surface area contributed by atoms with Crippen LogP contribution in [-0.4, -0.2) is 77.6 Å². The van der Waals surface area contributed by atoms with E-state index < -0.39 is 6.10 Å². The van der Waals surface area contributed by atoms with E-state index in [4.69, 9.17) is 4.84 Å². The van der Waals surface area contributed by atoms with Gasteiger partial charge in [-0.25, -0.2) is 0 Å². The molecule has 1 rings (SSSR count). The number of quaternary nitrogens is 1. The molecule has 1 fully saturated rings. The molecule has 1 aliphatic heterocycles. The summed E-state index contributed by atoms with van der Waals surface area (Å²) in [7, 11) is 4.39. The fourth-order valence-electron chi connectivity index (χ4n) is 3.72. The molecule has 0 aromatic rings. The van der Waals surface area contributed by atoms with Crippen LogP contribution < -0.4 is 22.3 Å². The van der Waals surface area contributed by atoms with Crippen molar-refractivity contribution in [2.24, 2.45) is 0 Å². The first kappa shape index (κ1) is 25.8. The second kappa shape index (κ2) is 9.82. The largest absolute Gasteiger partial charge is 1.00 e. The molecule has 1 heterocycles. The topological polar surface area (TPSA) is 61.8 Å². The maximum atomic E-state index is 12.4. The summed E-state index contributed by atoms with van der Waals surface area (Å²) < 4.78 is 0.959. The number of aliphatic hydroxyl groups excluding tert-OH is 1. The van der Waals surface area contributed by atoms with E-state index in [9.17, 15) is 9.90 Å². The molecule has 26 heavy (non-hydrogen) atoms. The average molecular weight is 438 g/mol. The molecule has 1 saturated heterocycles. The zero-order valence-corrected chi connectivity index (χ0v) is 19.5. The zero-order valence-electron chi connectivity index (χ0n) is 17.9. The van der Waals surface area contributed by atoms with Gasteiger partial charge in [-0.3, -0.25) is 9.63 Å². The van der Waals surface area contributed by atoms with Crippen LogP contribution in [0.4, 0.5) is 0 Å². The standard InChI is InChI=1S/C19H39N3O3.BrH/c1-9-22(7,8)12-10-11-20-17(24)15(2)25-21-18(3,4)13-16(23)14-19(21,5)6;/h15-16,23H,9-14H2,1-8H3;1H. The molecule has 1 unspecified atom stereocenters. The lowest BCUT2D eigenvalue weighted by Gasteiger charge is -2.53. The van der Waals surface area contributed by atoms with Gasteiger partial charge in [-0.15, -0.1) is 0 Å². The number of nitrogens with one attached hydrogen (secondary N) is 1. The number of nitrogens with zero attached hydrogens (tertiary/aromatic N) is 2. The van der Waals surface area contributed by atoms with Crippen molar-refractivity contribution in [1.29, 1.82) is 0 Å². The predicted octanol–water partition coefficient (Wildman–Crippen LogP) is -1.07. The van der Waals surface area contributed by atoms with Gasteiger partial charge in [0.2, 0.25) is 0 Å². The molecule has 0 saturated carbocycles. The van der Waals surface area contributed by atoms with E-state index in [2.05, 4.69) is 26.3 Å². The fourth-order valence-corrected chi connectivity index (χ4v) is 3.72. The van der Waals surface area contributed by atoms with Crippen LogP contribution in [0.15, 0.2) is 0 Å². The summed E-state index contributed by atoms with van der Waals surface area (Å²) in [5.41, 5.74) is -0.642. The Bertz CT molecular complexity index is 437. The molecule has 156 valence electrons. The number of hydrogen-bond donors (Lipinski definition) is 2. The van der Waals surface area contributed by atoms with E-state index in [1.165, 1.54) is 0 Å². The van der Waals surface area contributed by atoms with Crippen molar-refractivity contribution in [3.8, 4) is 0 Å². The fraction of sp³-hybridized carbons (Fsp3) is 0.947. The van der Waals surface area contributed by atoms with Crippen molar-refractivity contribution in [3.63, 3.8) is 0 Å². The third-order valence-electron chi connectivity index (χ3n) is 5.30. The maximum Gasteiger partial charge on any atom is 0.250 e. The minimum Gasteiger partial charge on any atom is -1.00 e. The molecule has 0 aliphatic carbocycles. The van der Waals surface area contributed by atoms with Crippen LogP contribution in [0, 0.1) is 0 Å². The van der Waals surface area contributed by atoms with Crippen LogP contribution in [-0.2, 0) is 9.63 Å². The number of carbonyl (C=O) groups excluding carboxylic acids is 1. The molecule has 6 nitrogen and oxygen atoms in total. The van der Waals surface area contributed by atoms with Gasteiger partial charge in [0.05, 0.1) is 33.3 Å². The number of rotatable bonds is 8. The van der Waals surface area contributed by atoms with E-state index in [1.807, 2.05) is 32.8 Å². The van der Waals surface area contributed by atoms with Gasteiger partial charge in [-0.05, 0) is 54.4 Å². The van der Waals surface area contributed by atoms with Crippen LogP contribution in [0.3, 0.4) is 0 Å². The third kappa shape index (κ3) is 7.43. The first-order valence-corrected chi connectivity index (χ1v) is 9.55. The Morgan fingerprint density at radius 1 is 1.27 bits per heavy atom. The number of hydroxylamine groups is 2. The highest BCUT2D eigenvalue weighted by atomic mass is 79.9. The molecular formula is C19H40BrN3O3. The van der Waals surface area contributed by atoms with Crippen molar-refractivity contribution in [2.75, 3.05) is 33.7 Å². The Morgan fingerprint density at radius 2 is 1.77 bits per heavy atom. The third-order valence-corrected chi connectivity index (χ3v) is 5.30. The lowest BCUT2D eigenvalue weighted by atomic mass is 9.80. The predicted molar refractivity (Wildman–Crippen MR) is 101 cm³/mol. The second-order valence-corrected chi connectivity index (χ2v) is 9.35. The van der Waals surface area contributed by atoms with E-state index in [0.29, 0.717) is 19.4 Å². The first-order chi connectivity index (χ1) is 11.3. The minimum atomic E-state index is -0.553. The monoisotopic (exact) mass is 437 g/mol. The molecule has 0 aromatic carbocycles. The summed E-state index contributed by atoms with van der Waals surface area (Å²) in [6.07, 6.45) is 1.33. The highest BCUT2D eigenvalue weighted by Gasteiger charge is 2.47. The minimum absolute atomic E-state index is 0. The van der Waals surface area contributed by atoms with Gasteiger partial charge < -0.3 is 31.9 Å². The molecule has 0 radical (unpaired) electrons. The number of halogens is 1. The van der Waals surface area contributed by atoms with Crippen molar-refractivity contribution in [3.05, 3.63) is 0 Å². The lowest BCUT2D eigenvalue weighted by molar-refractivity contribution is -0.888. The van der Waals surface area contributed by atoms with Gasteiger partial charge in [0.15, 0.2) is 6.10 Å². The Hall–Kier alpha value is -0.210. The number of carbonyl (C=O) groups is 1. The molecule has 7 heteroatoms. The summed E-state index contributed by atoms with van der Waals surface area (Å²) >= 11 is 0. The Kier molecular flexibility index (Phi) is 9.75. The molecule has 0 bridgehead atoms. The lowest BCUT2D eigenvalue weighted by Crippen LogP contribution is -3.00. The van der Waals surface area contributed by atoms with Crippen LogP contribution in [0.5, 0.6) is 0 Å². The van der Waals surface area contributed by atoms with Crippen LogP contribution in [0.2, 0.25) is 0 Å². The van der Waals surface area contributed by atoms with Crippen molar-refractivity contribution in [2.45, 2.75) is 84.1 Å². The zero-order chi connectivity index (χ0) is 19.5. The number of aliphatic hydroxyl groups is 1. The summed E-state index contributed by atoms with van der Waals surface area (Å²) in [5, 5.41) is 15.0. The second-order valence-electron chi connectivity index (χ2n) is 9.35. The Balaban J connectivity index is 0.00000625. The molecule has 1 aliphatic rings. The molecule has 2 N–H and O–H groups in total. The van der Waals surface area contributed by atoms with Gasteiger partial charge in [-0.1, -0.05) is 0 Å². The Morgan fingerprint density at radius 3 is 2.23 bits per heavy atom. The quantitative estimate of drug-likeness (QED) is 0.374. The Labute approximate surface area is 170 Å². The van der Waals surface area contributed by atoms with Crippen molar-refractivity contribution >= 4 is 5.91 Å². The van der Waals surface area contributed by atoms with E-state index in [1.54, 1.807) is 6.92 Å². The summed E-state index contributed by atoms with van der Waals surface area (Å²) in [6.45, 7) is 14.9. The van der Waals surface area contributed by atoms with Crippen LogP contribution in [0.25, 0.3) is 0 Å². The summed E-state index contributed by atoms with van der Waals surface area (Å²) in [4.78, 5) is 18.4. The van der Waals surface area contributed by atoms with E-state index in [0.717, 1.165) is 24.0 Å². The SMILES string of the molecule is CC[N+](C)(C)CCCNC(=O)C(C)ON1C(C)(C)CC(O)CC1(C)C.[Br-]. The first-order valence-electron chi connectivity index (χ1n) is 9.55. The summed E-state index contributed by atoms with van der Waals surface area (Å²) in [5.74, 6) is -0.0838. The normalized spacial score (nSPS) is 21.7. The van der Waals surface area contributed by atoms with E-state index >= 15 is 0 Å². The smallest absolute Gasteiger partial charge is 0.250 e. The van der Waals surface area contributed by atoms with Crippen molar-refractivity contribution in [1.82, 2.24) is 10.4 Å². The molecule has 0 spiro atoms. The van der Waals surface area contributed by atoms with Crippen molar-refractivity contribution < 1.29 is 36.2 Å². The van der Waals surface area contributed by atoms with Gasteiger partial charge in [0, 0.05) is 24.0 Å². The highest BCUT2D eigenvalue weighted by molar-refractivity contribution is 5.80. The summed E-state index contributed by atoms with van der Waals surface area (Å²) in [6, 6.07) is 0. The molecule has 0 aromatic heterocycles. The van der Waals surface area contributed by atoms with Gasteiger partial charge >= 0.3 is 0 Å². The number of hydrogen-bond acceptors (Lipinski definition) is 4. The molecule has 1 atom stereocenters. The van der Waals surface area contributed by atoms with Crippen LogP contribution in [0.1, 0.15) is 60.8 Å².